The third-order valence-corrected chi connectivity index (χ3v) is 12.1. The number of carbonyl (C=O) groups excluding carboxylic acids is 1. The van der Waals surface area contributed by atoms with E-state index in [1.165, 1.54) is 6.42 Å². The van der Waals surface area contributed by atoms with Crippen molar-refractivity contribution >= 4 is 5.78 Å². The molecule has 6 fully saturated rings. The summed E-state index contributed by atoms with van der Waals surface area (Å²) in [5, 5.41) is 11.5. The average Bonchev–Trinajstić information content (AvgIpc) is 3.35. The highest BCUT2D eigenvalue weighted by Gasteiger charge is 2.67. The maximum absolute atomic E-state index is 14.3. The fourth-order valence-electron chi connectivity index (χ4n) is 11.1. The van der Waals surface area contributed by atoms with Crippen LogP contribution in [0.3, 0.4) is 0 Å². The molecular weight excluding hydrogens is 466 g/mol. The number of ether oxygens (including phenoxy) is 3. The van der Waals surface area contributed by atoms with Crippen LogP contribution in [0.2, 0.25) is 0 Å². The van der Waals surface area contributed by atoms with Gasteiger partial charge in [0.25, 0.3) is 0 Å². The van der Waals surface area contributed by atoms with E-state index in [-0.39, 0.29) is 46.0 Å². The Morgan fingerprint density at radius 2 is 1.51 bits per heavy atom. The first-order chi connectivity index (χ1) is 17.2. The second kappa shape index (κ2) is 8.49. The number of Topliss-reactive ketones (excluding diaryl/α,β-unsaturated/α-hetero) is 1. The fourth-order valence-corrected chi connectivity index (χ4v) is 11.1. The van der Waals surface area contributed by atoms with Crippen molar-refractivity contribution in [3.8, 4) is 0 Å². The summed E-state index contributed by atoms with van der Waals surface area (Å²) >= 11 is 0. The Kier molecular flexibility index (Phi) is 6.12. The van der Waals surface area contributed by atoms with Crippen molar-refractivity contribution in [2.45, 2.75) is 123 Å². The maximum Gasteiger partial charge on any atom is 0.169 e. The van der Waals surface area contributed by atoms with Gasteiger partial charge in [0, 0.05) is 37.4 Å². The lowest BCUT2D eigenvalue weighted by atomic mass is 9.43. The molecule has 6 heteroatoms. The van der Waals surface area contributed by atoms with Crippen molar-refractivity contribution in [2.75, 3.05) is 26.3 Å². The van der Waals surface area contributed by atoms with Crippen LogP contribution in [0.1, 0.15) is 93.4 Å². The van der Waals surface area contributed by atoms with Crippen molar-refractivity contribution < 1.29 is 24.1 Å². The first-order valence-electron chi connectivity index (χ1n) is 15.1. The molecule has 0 amide bonds. The van der Waals surface area contributed by atoms with E-state index in [1.54, 1.807) is 0 Å². The molecule has 0 bridgehead atoms. The van der Waals surface area contributed by atoms with Gasteiger partial charge in [0.15, 0.2) is 5.79 Å². The Morgan fingerprint density at radius 1 is 0.865 bits per heavy atom. The number of hydrogen-bond donors (Lipinski definition) is 1. The van der Waals surface area contributed by atoms with Crippen molar-refractivity contribution in [3.05, 3.63) is 0 Å². The third kappa shape index (κ3) is 4.10. The summed E-state index contributed by atoms with van der Waals surface area (Å²) in [5.74, 6) is 1.73. The van der Waals surface area contributed by atoms with E-state index >= 15 is 0 Å². The molecule has 9 atom stereocenters. The maximum atomic E-state index is 14.3. The summed E-state index contributed by atoms with van der Waals surface area (Å²) in [4.78, 5) is 16.8. The van der Waals surface area contributed by atoms with Gasteiger partial charge in [-0.1, -0.05) is 13.8 Å². The summed E-state index contributed by atoms with van der Waals surface area (Å²) in [5.41, 5.74) is -0.612. The number of aliphatic hydroxyl groups excluding tert-OH is 1. The van der Waals surface area contributed by atoms with Crippen molar-refractivity contribution in [1.82, 2.24) is 4.90 Å². The van der Waals surface area contributed by atoms with Gasteiger partial charge in [0.05, 0.1) is 30.5 Å². The van der Waals surface area contributed by atoms with Crippen LogP contribution in [0.15, 0.2) is 0 Å². The van der Waals surface area contributed by atoms with Gasteiger partial charge in [-0.15, -0.1) is 0 Å². The molecule has 2 aliphatic heterocycles. The summed E-state index contributed by atoms with van der Waals surface area (Å²) < 4.78 is 18.7. The Labute approximate surface area is 224 Å². The van der Waals surface area contributed by atoms with Crippen molar-refractivity contribution in [2.24, 2.45) is 40.4 Å². The molecule has 1 N–H and O–H groups in total. The number of hydrogen-bond acceptors (Lipinski definition) is 6. The first kappa shape index (κ1) is 26.7. The van der Waals surface area contributed by atoms with Crippen LogP contribution in [0.4, 0.5) is 0 Å². The highest BCUT2D eigenvalue weighted by atomic mass is 16.7. The molecule has 37 heavy (non-hydrogen) atoms. The molecule has 0 aromatic carbocycles. The highest BCUT2D eigenvalue weighted by Crippen LogP contribution is 2.68. The zero-order valence-electron chi connectivity index (χ0n) is 24.3. The Balaban J connectivity index is 1.29. The molecular formula is C31H51NO5. The molecule has 6 nitrogen and oxygen atoms in total. The van der Waals surface area contributed by atoms with Crippen LogP contribution < -0.4 is 0 Å². The molecule has 2 saturated heterocycles. The second-order valence-electron chi connectivity index (χ2n) is 15.6. The highest BCUT2D eigenvalue weighted by molar-refractivity contribution is 5.84. The molecule has 0 aromatic heterocycles. The van der Waals surface area contributed by atoms with Crippen LogP contribution >= 0.6 is 0 Å². The summed E-state index contributed by atoms with van der Waals surface area (Å²) in [7, 11) is 0. The molecule has 0 radical (unpaired) electrons. The largest absolute Gasteiger partial charge is 0.391 e. The van der Waals surface area contributed by atoms with E-state index < -0.39 is 5.79 Å². The number of fused-ring (bicyclic) bond motifs is 5. The van der Waals surface area contributed by atoms with Crippen LogP contribution in [0, 0.1) is 40.4 Å². The molecule has 0 aromatic rings. The minimum atomic E-state index is -0.548. The summed E-state index contributed by atoms with van der Waals surface area (Å²) in [6.07, 6.45) is 6.57. The van der Waals surface area contributed by atoms with Gasteiger partial charge >= 0.3 is 0 Å². The Bertz CT molecular complexity index is 911. The van der Waals surface area contributed by atoms with E-state index in [1.807, 2.05) is 0 Å². The van der Waals surface area contributed by atoms with Gasteiger partial charge < -0.3 is 19.3 Å². The third-order valence-electron chi connectivity index (χ3n) is 12.1. The number of morpholine rings is 1. The van der Waals surface area contributed by atoms with Crippen LogP contribution in [0.25, 0.3) is 0 Å². The Morgan fingerprint density at radius 3 is 2.16 bits per heavy atom. The van der Waals surface area contributed by atoms with Gasteiger partial charge in [0.1, 0.15) is 5.78 Å². The van der Waals surface area contributed by atoms with E-state index in [0.29, 0.717) is 43.2 Å². The molecule has 210 valence electrons. The zero-order chi connectivity index (χ0) is 26.6. The standard InChI is InChI=1S/C31H51NO5/c1-27(2)17-32(18-28(3,4)37-27)22-15-29(5)19(14-23(22)33)8-9-20-21-10-11-25(31(7)35-12-13-36-31)30(21,6)16-24(34)26(20)29/h19-23,25-26,33H,8-18H2,1-7H3/t19-,20-,21-,22-,23-,25-,26+,29-,30-/m0/s1. The van der Waals surface area contributed by atoms with Gasteiger partial charge in [0.2, 0.25) is 0 Å². The molecule has 6 rings (SSSR count). The topological polar surface area (TPSA) is 68.2 Å². The number of nitrogens with zero attached hydrogens (tertiary/aromatic N) is 1. The number of aliphatic hydroxyl groups is 1. The first-order valence-corrected chi connectivity index (χ1v) is 15.1. The van der Waals surface area contributed by atoms with Crippen LogP contribution in [0.5, 0.6) is 0 Å². The zero-order valence-corrected chi connectivity index (χ0v) is 24.3. The monoisotopic (exact) mass is 517 g/mol. The summed E-state index contributed by atoms with van der Waals surface area (Å²) in [6, 6.07) is 0.0825. The Hall–Kier alpha value is -0.530. The van der Waals surface area contributed by atoms with Crippen LogP contribution in [-0.2, 0) is 19.0 Å². The van der Waals surface area contributed by atoms with Crippen molar-refractivity contribution in [3.63, 3.8) is 0 Å². The minimum Gasteiger partial charge on any atom is -0.391 e. The molecule has 0 unspecified atom stereocenters. The lowest BCUT2D eigenvalue weighted by molar-refractivity contribution is -0.222. The summed E-state index contributed by atoms with van der Waals surface area (Å²) in [6.45, 7) is 18.5. The van der Waals surface area contributed by atoms with Crippen LogP contribution in [-0.4, -0.2) is 71.2 Å². The van der Waals surface area contributed by atoms with Gasteiger partial charge in [-0.3, -0.25) is 9.69 Å². The number of carbonyl (C=O) groups is 1. The number of ketones is 1. The molecule has 6 aliphatic rings. The predicted octanol–water partition coefficient (Wildman–Crippen LogP) is 4.82. The average molecular weight is 518 g/mol. The normalized spacial score (nSPS) is 50.8. The predicted molar refractivity (Wildman–Crippen MR) is 142 cm³/mol. The van der Waals surface area contributed by atoms with Gasteiger partial charge in [-0.25, -0.2) is 0 Å². The van der Waals surface area contributed by atoms with Gasteiger partial charge in [-0.2, -0.15) is 0 Å². The van der Waals surface area contributed by atoms with Crippen molar-refractivity contribution in [1.29, 1.82) is 0 Å². The second-order valence-corrected chi connectivity index (χ2v) is 15.6. The van der Waals surface area contributed by atoms with E-state index in [2.05, 4.69) is 53.4 Å². The molecule has 2 heterocycles. The molecule has 4 saturated carbocycles. The quantitative estimate of drug-likeness (QED) is 0.567. The minimum absolute atomic E-state index is 0.0492. The van der Waals surface area contributed by atoms with E-state index in [4.69, 9.17) is 14.2 Å². The molecule has 0 spiro atoms. The molecule has 4 aliphatic carbocycles. The van der Waals surface area contributed by atoms with E-state index in [9.17, 15) is 9.90 Å². The SMILES string of the molecule is CC1(C)CN([C@H]2C[C@@]3(C)[C@@H](CC[C@H]4[C@@H]5CC[C@H](C6(C)OCCO6)[C@@]5(C)CC(=O)[C@@H]43)C[C@@H]2O)CC(C)(C)O1. The van der Waals surface area contributed by atoms with E-state index in [0.717, 1.165) is 45.2 Å². The fraction of sp³-hybridized carbons (Fsp3) is 0.968. The number of rotatable bonds is 2. The smallest absolute Gasteiger partial charge is 0.169 e. The van der Waals surface area contributed by atoms with Gasteiger partial charge in [-0.05, 0) is 102 Å². The lowest BCUT2D eigenvalue weighted by Crippen LogP contribution is -2.66. The lowest BCUT2D eigenvalue weighted by Gasteiger charge is -2.62.